The van der Waals surface area contributed by atoms with E-state index in [9.17, 15) is 28.8 Å². The maximum atomic E-state index is 12.9. The Balaban J connectivity index is 2.06. The van der Waals surface area contributed by atoms with E-state index >= 15 is 0 Å². The molecule has 0 unspecified atom stereocenters. The number of rotatable bonds is 12. The summed E-state index contributed by atoms with van der Waals surface area (Å²) in [4.78, 5) is 0. The number of likely N-dealkylation sites (N-methyl/N-ethyl adjacent to an activating group) is 1. The quantitative estimate of drug-likeness (QED) is 0.0913. The molecule has 41 heavy (non-hydrogen) atoms. The maximum absolute atomic E-state index is 12.9. The zero-order valence-electron chi connectivity index (χ0n) is 23.4. The van der Waals surface area contributed by atoms with E-state index in [1.54, 1.807) is 6.08 Å². The molecule has 1 aliphatic carbocycles. The fourth-order valence-corrected chi connectivity index (χ4v) is 7.04. The molecular weight excluding hydrogens is 566 g/mol. The van der Waals surface area contributed by atoms with Gasteiger partial charge < -0.3 is 73.4 Å². The molecule has 3 aliphatic rings. The van der Waals surface area contributed by atoms with Gasteiger partial charge in [-0.1, -0.05) is 0 Å². The van der Waals surface area contributed by atoms with Crippen molar-refractivity contribution in [1.29, 1.82) is 0 Å². The van der Waals surface area contributed by atoms with Crippen LogP contribution in [0.15, 0.2) is 11.8 Å². The van der Waals surface area contributed by atoms with Gasteiger partial charge in [-0.15, -0.1) is 0 Å². The summed E-state index contributed by atoms with van der Waals surface area (Å²) in [6.45, 7) is 0.329. The van der Waals surface area contributed by atoms with Gasteiger partial charge in [0.15, 0.2) is 6.29 Å². The van der Waals surface area contributed by atoms with Crippen molar-refractivity contribution in [3.63, 3.8) is 0 Å². The van der Waals surface area contributed by atoms with E-state index in [1.165, 1.54) is 14.0 Å². The van der Waals surface area contributed by atoms with Gasteiger partial charge in [-0.25, -0.2) is 8.42 Å². The minimum atomic E-state index is -4.17. The number of ether oxygens (including phenoxy) is 4. The fourth-order valence-electron chi connectivity index (χ4n) is 5.82. The zero-order chi connectivity index (χ0) is 30.8. The molecule has 2 aliphatic heterocycles. The lowest BCUT2D eigenvalue weighted by Gasteiger charge is -2.59. The van der Waals surface area contributed by atoms with Crippen molar-refractivity contribution in [3.8, 4) is 0 Å². The minimum absolute atomic E-state index is 0.0750. The van der Waals surface area contributed by atoms with Crippen molar-refractivity contribution >= 4 is 10.0 Å². The Morgan fingerprint density at radius 2 is 1.88 bits per heavy atom. The van der Waals surface area contributed by atoms with Crippen LogP contribution in [0.1, 0.15) is 26.2 Å². The lowest BCUT2D eigenvalue weighted by Crippen LogP contribution is -2.83. The number of nitrogens with one attached hydrogen (secondary N) is 2. The van der Waals surface area contributed by atoms with Crippen LogP contribution in [0.4, 0.5) is 0 Å². The molecule has 0 aromatic heterocycles. The molecule has 1 saturated heterocycles. The minimum Gasteiger partial charge on any atom is -0.467 e. The van der Waals surface area contributed by atoms with Gasteiger partial charge >= 0.3 is 0 Å². The van der Waals surface area contributed by atoms with Crippen LogP contribution < -0.4 is 38.7 Å². The van der Waals surface area contributed by atoms with Crippen LogP contribution in [0, 0.1) is 0 Å². The monoisotopic (exact) mass is 613 g/mol. The van der Waals surface area contributed by atoms with Crippen LogP contribution in [0.3, 0.4) is 0 Å². The van der Waals surface area contributed by atoms with Gasteiger partial charge in [0.1, 0.15) is 40.9 Å². The molecule has 16 N–H and O–H groups in total. The molecule has 3 rings (SSSR count). The molecule has 0 radical (unpaired) electrons. The van der Waals surface area contributed by atoms with Gasteiger partial charge in [0.05, 0.1) is 31.0 Å². The number of sulfonamides is 1. The molecule has 0 amide bonds. The summed E-state index contributed by atoms with van der Waals surface area (Å²) in [6, 6.07) is -2.72. The van der Waals surface area contributed by atoms with Gasteiger partial charge in [0.25, 0.3) is 0 Å². The lowest BCUT2D eigenvalue weighted by molar-refractivity contribution is -0.346. The fraction of sp³-hybridized carbons (Fsp3) is 0.913. The third-order valence-electron chi connectivity index (χ3n) is 7.93. The molecule has 2 heterocycles. The van der Waals surface area contributed by atoms with Gasteiger partial charge in [-0.3, -0.25) is 0 Å². The Morgan fingerprint density at radius 3 is 2.46 bits per heavy atom. The van der Waals surface area contributed by atoms with Crippen LogP contribution in [0.5, 0.6) is 0 Å². The first-order chi connectivity index (χ1) is 19.1. The standard InChI is InChI=1S/C23H47N7O10S/c1-21(34)11-37-20(15(32)17(21)29-2)40-22(5-7-31)18(33)16(39-19-13(26)4-3-12(10-25)38-19)14(27)9-23(22,28)30-41(35,36)8-6-24/h3,13-20,29-34H,4-11,24-28H2,1-2H3/t13-,14+,15-,16-,17-,18+,19-,20-,21+,22-,23+/m1/s1. The number of hydrogen-bond acceptors (Lipinski definition) is 16. The van der Waals surface area contributed by atoms with E-state index in [-0.39, 0.29) is 26.1 Å². The predicted molar refractivity (Wildman–Crippen MR) is 146 cm³/mol. The third kappa shape index (κ3) is 7.03. The highest BCUT2D eigenvalue weighted by Crippen LogP contribution is 2.44. The Morgan fingerprint density at radius 1 is 1.20 bits per heavy atom. The molecule has 1 saturated carbocycles. The second-order valence-corrected chi connectivity index (χ2v) is 13.0. The molecule has 0 aromatic rings. The van der Waals surface area contributed by atoms with Crippen molar-refractivity contribution in [2.75, 3.05) is 39.1 Å². The average Bonchev–Trinajstić information content (AvgIpc) is 2.87. The van der Waals surface area contributed by atoms with E-state index in [2.05, 4.69) is 10.0 Å². The highest BCUT2D eigenvalue weighted by Gasteiger charge is 2.65. The Hall–Kier alpha value is -1.07. The van der Waals surface area contributed by atoms with Gasteiger partial charge in [-0.05, 0) is 26.5 Å². The van der Waals surface area contributed by atoms with Crippen molar-refractivity contribution < 1.29 is 47.8 Å². The summed E-state index contributed by atoms with van der Waals surface area (Å²) in [6.07, 6.45) is -6.06. The Bertz CT molecular complexity index is 1020. The Kier molecular flexibility index (Phi) is 11.2. The van der Waals surface area contributed by atoms with Crippen LogP contribution in [-0.2, 0) is 29.0 Å². The second-order valence-electron chi connectivity index (χ2n) is 11.1. The zero-order valence-corrected chi connectivity index (χ0v) is 24.2. The first kappa shape index (κ1) is 34.4. The number of hydrogen-bond donors (Lipinski definition) is 11. The van der Waals surface area contributed by atoms with E-state index in [1.807, 2.05) is 0 Å². The largest absolute Gasteiger partial charge is 0.467 e. The summed E-state index contributed by atoms with van der Waals surface area (Å²) in [5.74, 6) is -0.0985. The average molecular weight is 614 g/mol. The predicted octanol–water partition coefficient (Wildman–Crippen LogP) is -5.89. The van der Waals surface area contributed by atoms with Crippen molar-refractivity contribution in [1.82, 2.24) is 10.0 Å². The normalized spacial score (nSPS) is 43.8. The summed E-state index contributed by atoms with van der Waals surface area (Å²) in [5.41, 5.74) is 24.6. The van der Waals surface area contributed by atoms with Crippen LogP contribution >= 0.6 is 0 Å². The van der Waals surface area contributed by atoms with Crippen molar-refractivity contribution in [2.45, 2.75) is 92.1 Å². The number of nitrogens with two attached hydrogens (primary N) is 5. The molecule has 2 fully saturated rings. The van der Waals surface area contributed by atoms with Crippen LogP contribution in [-0.4, -0.2) is 134 Å². The van der Waals surface area contributed by atoms with Crippen molar-refractivity contribution in [2.24, 2.45) is 28.7 Å². The molecule has 240 valence electrons. The molecule has 0 aromatic carbocycles. The van der Waals surface area contributed by atoms with E-state index in [0.29, 0.717) is 12.2 Å². The topological polar surface area (TPSA) is 306 Å². The number of aliphatic hydroxyl groups is 4. The molecule has 18 heteroatoms. The first-order valence-corrected chi connectivity index (χ1v) is 15.1. The summed E-state index contributed by atoms with van der Waals surface area (Å²) < 4.78 is 51.9. The Labute approximate surface area is 239 Å². The smallest absolute Gasteiger partial charge is 0.215 e. The first-order valence-electron chi connectivity index (χ1n) is 13.5. The SMILES string of the molecule is CN[C@@H]1[C@@H](O)[C@@H](O[C@]2(CCO)[C@@H](O)[C@H](O[C@H]3OC(CN)=CC[C@H]3N)[C@@H](N)C[C@]2(N)NS(=O)(=O)CCN)OC[C@]1(C)O. The maximum Gasteiger partial charge on any atom is 0.215 e. The van der Waals surface area contributed by atoms with Crippen LogP contribution in [0.25, 0.3) is 0 Å². The van der Waals surface area contributed by atoms with Gasteiger partial charge in [0.2, 0.25) is 16.3 Å². The highest BCUT2D eigenvalue weighted by molar-refractivity contribution is 7.89. The second kappa shape index (κ2) is 13.3. The van der Waals surface area contributed by atoms with Crippen molar-refractivity contribution in [3.05, 3.63) is 11.8 Å². The third-order valence-corrected chi connectivity index (χ3v) is 9.37. The summed E-state index contributed by atoms with van der Waals surface area (Å²) >= 11 is 0. The van der Waals surface area contributed by atoms with E-state index < -0.39 is 94.7 Å². The number of aliphatic hydroxyl groups excluding tert-OH is 3. The highest BCUT2D eigenvalue weighted by atomic mass is 32.2. The lowest BCUT2D eigenvalue weighted by atomic mass is 9.68. The van der Waals surface area contributed by atoms with Gasteiger partial charge in [-0.2, -0.15) is 4.72 Å². The molecular formula is C23H47N7O10S. The van der Waals surface area contributed by atoms with Crippen LogP contribution in [0.2, 0.25) is 0 Å². The molecule has 11 atom stereocenters. The van der Waals surface area contributed by atoms with E-state index in [0.717, 1.165) is 0 Å². The molecule has 17 nitrogen and oxygen atoms in total. The van der Waals surface area contributed by atoms with Gasteiger partial charge in [0, 0.05) is 32.0 Å². The summed E-state index contributed by atoms with van der Waals surface area (Å²) in [5, 5.41) is 46.7. The van der Waals surface area contributed by atoms with E-state index in [4.69, 9.17) is 47.6 Å². The molecule has 0 spiro atoms. The summed E-state index contributed by atoms with van der Waals surface area (Å²) in [7, 11) is -2.66. The molecule has 0 bridgehead atoms.